The molecule has 7 heteroatoms. The Morgan fingerprint density at radius 3 is 2.74 bits per heavy atom. The number of hydrogen-bond donors (Lipinski definition) is 3. The summed E-state index contributed by atoms with van der Waals surface area (Å²) in [7, 11) is 0. The zero-order chi connectivity index (χ0) is 21.0. The molecule has 0 radical (unpaired) electrons. The van der Waals surface area contributed by atoms with Gasteiger partial charge in [-0.3, -0.25) is 9.79 Å². The fraction of sp³-hybridized carbons (Fsp3) is 0.667. The smallest absolute Gasteiger partial charge is 0.225 e. The molecule has 1 aliphatic heterocycles. The Kier molecular flexibility index (Phi) is 12.3. The first-order valence-electron chi connectivity index (χ1n) is 11.8. The Balaban J connectivity index is 0.00000341. The van der Waals surface area contributed by atoms with E-state index in [1.807, 2.05) is 18.2 Å². The molecule has 1 atom stereocenters. The highest BCUT2D eigenvalue weighted by Crippen LogP contribution is 2.32. The molecule has 0 aromatic heterocycles. The summed E-state index contributed by atoms with van der Waals surface area (Å²) in [5.41, 5.74) is 2.09. The number of para-hydroxylation sites is 1. The molecule has 1 fully saturated rings. The number of ether oxygens (including phenoxy) is 1. The summed E-state index contributed by atoms with van der Waals surface area (Å²) in [5, 5.41) is 9.70. The maximum absolute atomic E-state index is 12.0. The molecule has 0 spiro atoms. The number of hydrogen-bond acceptors (Lipinski definition) is 3. The van der Waals surface area contributed by atoms with Crippen molar-refractivity contribution >= 4 is 41.5 Å². The van der Waals surface area contributed by atoms with E-state index in [2.05, 4.69) is 28.9 Å². The van der Waals surface area contributed by atoms with Gasteiger partial charge < -0.3 is 20.7 Å². The van der Waals surface area contributed by atoms with Gasteiger partial charge in [0.15, 0.2) is 5.96 Å². The molecule has 1 saturated carbocycles. The number of fused-ring (bicyclic) bond motifs is 1. The van der Waals surface area contributed by atoms with E-state index >= 15 is 0 Å². The van der Waals surface area contributed by atoms with Crippen molar-refractivity contribution in [2.45, 2.75) is 76.7 Å². The van der Waals surface area contributed by atoms with E-state index in [1.165, 1.54) is 37.7 Å². The van der Waals surface area contributed by atoms with Crippen molar-refractivity contribution in [1.29, 1.82) is 0 Å². The Hall–Kier alpha value is -1.35. The Bertz CT molecular complexity index is 692. The highest BCUT2D eigenvalue weighted by atomic mass is 127. The lowest BCUT2D eigenvalue weighted by atomic mass is 9.91. The number of halogens is 1. The molecule has 174 valence electrons. The molecule has 1 unspecified atom stereocenters. The summed E-state index contributed by atoms with van der Waals surface area (Å²) in [4.78, 5) is 16.8. The van der Waals surface area contributed by atoms with E-state index in [1.54, 1.807) is 0 Å². The second-order valence-electron chi connectivity index (χ2n) is 8.37. The third-order valence-electron chi connectivity index (χ3n) is 5.94. The summed E-state index contributed by atoms with van der Waals surface area (Å²) in [6.45, 7) is 5.29. The van der Waals surface area contributed by atoms with E-state index in [0.717, 1.165) is 50.6 Å². The molecule has 3 rings (SSSR count). The number of nitrogens with zero attached hydrogens (tertiary/aromatic N) is 1. The molecule has 2 aliphatic rings. The first-order valence-corrected chi connectivity index (χ1v) is 11.8. The molecule has 1 aromatic carbocycles. The highest BCUT2D eigenvalue weighted by molar-refractivity contribution is 14.0. The number of carbonyl (C=O) groups excluding carboxylic acids is 1. The highest BCUT2D eigenvalue weighted by Gasteiger charge is 2.24. The van der Waals surface area contributed by atoms with Crippen LogP contribution in [-0.4, -0.2) is 44.2 Å². The summed E-state index contributed by atoms with van der Waals surface area (Å²) >= 11 is 0. The number of aliphatic imine (C=N–C) groups is 1. The zero-order valence-corrected chi connectivity index (χ0v) is 21.2. The van der Waals surface area contributed by atoms with Crippen molar-refractivity contribution in [3.63, 3.8) is 0 Å². The maximum Gasteiger partial charge on any atom is 0.225 e. The fourth-order valence-corrected chi connectivity index (χ4v) is 4.30. The van der Waals surface area contributed by atoms with Crippen LogP contribution in [-0.2, 0) is 9.53 Å². The summed E-state index contributed by atoms with van der Waals surface area (Å²) in [6.07, 6.45) is 10.9. The van der Waals surface area contributed by atoms with Crippen LogP contribution < -0.4 is 16.0 Å². The molecule has 31 heavy (non-hydrogen) atoms. The lowest BCUT2D eigenvalue weighted by Gasteiger charge is -2.24. The lowest BCUT2D eigenvalue weighted by Crippen LogP contribution is -2.38. The molecular formula is C24H39IN4O2. The molecule has 0 bridgehead atoms. The van der Waals surface area contributed by atoms with Crippen LogP contribution in [0.3, 0.4) is 0 Å². The first-order chi connectivity index (χ1) is 14.8. The monoisotopic (exact) mass is 542 g/mol. The Morgan fingerprint density at radius 2 is 1.94 bits per heavy atom. The lowest BCUT2D eigenvalue weighted by molar-refractivity contribution is -0.116. The van der Waals surface area contributed by atoms with Crippen molar-refractivity contribution in [2.24, 2.45) is 4.99 Å². The van der Waals surface area contributed by atoms with E-state index in [0.29, 0.717) is 19.1 Å². The van der Waals surface area contributed by atoms with E-state index in [9.17, 15) is 4.79 Å². The molecule has 0 saturated heterocycles. The van der Waals surface area contributed by atoms with Crippen LogP contribution in [0.5, 0.6) is 0 Å². The number of benzene rings is 1. The van der Waals surface area contributed by atoms with Crippen molar-refractivity contribution in [3.8, 4) is 0 Å². The van der Waals surface area contributed by atoms with Gasteiger partial charge in [-0.2, -0.15) is 0 Å². The predicted molar refractivity (Wildman–Crippen MR) is 139 cm³/mol. The second-order valence-corrected chi connectivity index (χ2v) is 8.37. The zero-order valence-electron chi connectivity index (χ0n) is 18.8. The minimum absolute atomic E-state index is 0. The molecule has 1 aromatic rings. The minimum atomic E-state index is 0. The number of amides is 1. The van der Waals surface area contributed by atoms with Gasteiger partial charge >= 0.3 is 0 Å². The predicted octanol–water partition coefficient (Wildman–Crippen LogP) is 4.81. The van der Waals surface area contributed by atoms with Crippen LogP contribution in [0.2, 0.25) is 0 Å². The van der Waals surface area contributed by atoms with Gasteiger partial charge in [0.05, 0.1) is 12.6 Å². The standard InChI is InChI=1S/C24H38N4O2.HI/c1-2-25-24(26-15-9-4-10-16-30-20-11-5-3-6-12-20)27-18-19-17-23(29)28-22-14-8-7-13-21(19)22;/h7-8,13-14,19-20H,2-6,9-12,15-18H2,1H3,(H,28,29)(H2,25,26,27);1H. The third kappa shape index (κ3) is 8.96. The molecule has 3 N–H and O–H groups in total. The van der Waals surface area contributed by atoms with Crippen molar-refractivity contribution in [1.82, 2.24) is 10.6 Å². The van der Waals surface area contributed by atoms with Gasteiger partial charge in [0.1, 0.15) is 0 Å². The Morgan fingerprint density at radius 1 is 1.13 bits per heavy atom. The van der Waals surface area contributed by atoms with E-state index < -0.39 is 0 Å². The van der Waals surface area contributed by atoms with Crippen LogP contribution in [0.1, 0.15) is 76.2 Å². The second kappa shape index (κ2) is 14.7. The van der Waals surface area contributed by atoms with Gasteiger partial charge in [-0.05, 0) is 50.7 Å². The van der Waals surface area contributed by atoms with Crippen LogP contribution >= 0.6 is 24.0 Å². The molecule has 6 nitrogen and oxygen atoms in total. The molecular weight excluding hydrogens is 503 g/mol. The van der Waals surface area contributed by atoms with Crippen molar-refractivity contribution < 1.29 is 9.53 Å². The van der Waals surface area contributed by atoms with Crippen LogP contribution in [0.15, 0.2) is 29.3 Å². The number of guanidine groups is 1. The number of unbranched alkanes of at least 4 members (excludes halogenated alkanes) is 2. The minimum Gasteiger partial charge on any atom is -0.378 e. The van der Waals surface area contributed by atoms with Gasteiger partial charge in [0.2, 0.25) is 5.91 Å². The molecule has 1 heterocycles. The average molecular weight is 543 g/mol. The quantitative estimate of drug-likeness (QED) is 0.172. The van der Waals surface area contributed by atoms with E-state index in [-0.39, 0.29) is 35.8 Å². The van der Waals surface area contributed by atoms with Crippen LogP contribution in [0, 0.1) is 0 Å². The molecule has 1 amide bonds. The van der Waals surface area contributed by atoms with Gasteiger partial charge in [-0.15, -0.1) is 24.0 Å². The summed E-state index contributed by atoms with van der Waals surface area (Å²) < 4.78 is 6.00. The van der Waals surface area contributed by atoms with Crippen molar-refractivity contribution in [2.75, 3.05) is 31.6 Å². The average Bonchev–Trinajstić information content (AvgIpc) is 2.77. The summed E-state index contributed by atoms with van der Waals surface area (Å²) in [6, 6.07) is 8.03. The number of rotatable bonds is 10. The first kappa shape index (κ1) is 25.9. The normalized spacial score (nSPS) is 19.2. The topological polar surface area (TPSA) is 74.8 Å². The largest absolute Gasteiger partial charge is 0.378 e. The maximum atomic E-state index is 12.0. The van der Waals surface area contributed by atoms with Gasteiger partial charge in [0.25, 0.3) is 0 Å². The third-order valence-corrected chi connectivity index (χ3v) is 5.94. The Labute approximate surface area is 204 Å². The van der Waals surface area contributed by atoms with Gasteiger partial charge in [-0.1, -0.05) is 37.5 Å². The number of nitrogens with one attached hydrogen (secondary N) is 3. The fourth-order valence-electron chi connectivity index (χ4n) is 4.30. The number of carbonyl (C=O) groups is 1. The molecule has 1 aliphatic carbocycles. The van der Waals surface area contributed by atoms with Gasteiger partial charge in [-0.25, -0.2) is 0 Å². The van der Waals surface area contributed by atoms with Crippen LogP contribution in [0.25, 0.3) is 0 Å². The van der Waals surface area contributed by atoms with Gasteiger partial charge in [0, 0.05) is 37.7 Å². The SMILES string of the molecule is CCNC(=NCC1CC(=O)Nc2ccccc21)NCCCCCOC1CCCCC1.I. The van der Waals surface area contributed by atoms with E-state index in [4.69, 9.17) is 9.73 Å². The van der Waals surface area contributed by atoms with Crippen LogP contribution in [0.4, 0.5) is 5.69 Å². The number of anilines is 1. The van der Waals surface area contributed by atoms with Crippen molar-refractivity contribution in [3.05, 3.63) is 29.8 Å². The summed E-state index contributed by atoms with van der Waals surface area (Å²) in [5.74, 6) is 1.03.